The van der Waals surface area contributed by atoms with Crippen LogP contribution in [0.2, 0.25) is 0 Å². The van der Waals surface area contributed by atoms with Gasteiger partial charge >= 0.3 is 5.97 Å². The zero-order chi connectivity index (χ0) is 26.3. The van der Waals surface area contributed by atoms with Crippen LogP contribution in [-0.4, -0.2) is 47.7 Å². The molecule has 0 unspecified atom stereocenters. The monoisotopic (exact) mass is 516 g/mol. The summed E-state index contributed by atoms with van der Waals surface area (Å²) < 4.78 is 57.7. The first-order valence-corrected chi connectivity index (χ1v) is 12.2. The van der Waals surface area contributed by atoms with Crippen molar-refractivity contribution in [2.24, 2.45) is 0 Å². The molecule has 0 spiro atoms. The van der Waals surface area contributed by atoms with Crippen LogP contribution in [-0.2, 0) is 19.6 Å². The molecule has 1 N–H and O–H groups in total. The predicted octanol–water partition coefficient (Wildman–Crippen LogP) is 3.85. The van der Waals surface area contributed by atoms with Crippen LogP contribution in [0.1, 0.15) is 17.3 Å². The van der Waals surface area contributed by atoms with E-state index in [1.807, 2.05) is 0 Å². The Balaban J connectivity index is 1.92. The number of ether oxygens (including phenoxy) is 3. The van der Waals surface area contributed by atoms with E-state index in [1.54, 1.807) is 6.92 Å². The quantitative estimate of drug-likeness (QED) is 0.408. The van der Waals surface area contributed by atoms with E-state index in [0.717, 1.165) is 6.07 Å². The molecule has 0 bridgehead atoms. The van der Waals surface area contributed by atoms with E-state index in [9.17, 15) is 22.4 Å². The topological polar surface area (TPSA) is 111 Å². The summed E-state index contributed by atoms with van der Waals surface area (Å²) in [6.07, 6.45) is 0. The average Bonchev–Trinajstić information content (AvgIpc) is 2.87. The summed E-state index contributed by atoms with van der Waals surface area (Å²) in [5, 5.41) is 2.56. The van der Waals surface area contributed by atoms with E-state index in [1.165, 1.54) is 74.9 Å². The van der Waals surface area contributed by atoms with Crippen molar-refractivity contribution in [3.8, 4) is 11.5 Å². The molecule has 0 heterocycles. The van der Waals surface area contributed by atoms with Crippen molar-refractivity contribution in [1.29, 1.82) is 0 Å². The Kier molecular flexibility index (Phi) is 8.49. The first kappa shape index (κ1) is 26.5. The Morgan fingerprint density at radius 1 is 0.944 bits per heavy atom. The van der Waals surface area contributed by atoms with Crippen LogP contribution >= 0.6 is 0 Å². The van der Waals surface area contributed by atoms with Crippen LogP contribution in [0.25, 0.3) is 0 Å². The summed E-state index contributed by atoms with van der Waals surface area (Å²) in [6, 6.07) is 15.0. The normalized spacial score (nSPS) is 10.9. The maximum Gasteiger partial charge on any atom is 0.338 e. The maximum absolute atomic E-state index is 14.7. The van der Waals surface area contributed by atoms with Crippen LogP contribution in [0.3, 0.4) is 0 Å². The molecule has 0 aromatic heterocycles. The highest BCUT2D eigenvalue weighted by molar-refractivity contribution is 7.92. The van der Waals surface area contributed by atoms with Gasteiger partial charge in [0.15, 0.2) is 11.5 Å². The standard InChI is InChI=1S/C25H25FN2O7S/c1-4-35-25(30)17-9-11-18(12-10-17)27-24(29)16-28(21-8-6-5-7-20(21)26)36(31,32)19-13-14-22(33-2)23(15-19)34-3/h5-15H,4,16H2,1-3H3,(H,27,29). The number of carbonyl (C=O) groups is 2. The molecule has 0 saturated heterocycles. The zero-order valence-corrected chi connectivity index (χ0v) is 20.7. The molecule has 0 saturated carbocycles. The number of nitrogens with zero attached hydrogens (tertiary/aromatic N) is 1. The Labute approximate surface area is 208 Å². The summed E-state index contributed by atoms with van der Waals surface area (Å²) in [5.74, 6) is -1.61. The molecular weight excluding hydrogens is 491 g/mol. The van der Waals surface area contributed by atoms with E-state index < -0.39 is 34.3 Å². The smallest absolute Gasteiger partial charge is 0.338 e. The zero-order valence-electron chi connectivity index (χ0n) is 19.9. The second-order valence-electron chi connectivity index (χ2n) is 7.33. The lowest BCUT2D eigenvalue weighted by Crippen LogP contribution is -2.38. The minimum atomic E-state index is -4.41. The van der Waals surface area contributed by atoms with Gasteiger partial charge in [0.1, 0.15) is 12.4 Å². The summed E-state index contributed by atoms with van der Waals surface area (Å²) in [4.78, 5) is 24.4. The minimum absolute atomic E-state index is 0.151. The lowest BCUT2D eigenvalue weighted by Gasteiger charge is -2.25. The van der Waals surface area contributed by atoms with Gasteiger partial charge in [0.05, 0.1) is 37.0 Å². The van der Waals surface area contributed by atoms with E-state index in [-0.39, 0.29) is 22.9 Å². The Bertz CT molecular complexity index is 1340. The third-order valence-electron chi connectivity index (χ3n) is 5.03. The number of anilines is 2. The largest absolute Gasteiger partial charge is 0.493 e. The number of sulfonamides is 1. The summed E-state index contributed by atoms with van der Waals surface area (Å²) in [6.45, 7) is 1.18. The average molecular weight is 517 g/mol. The molecule has 0 radical (unpaired) electrons. The number of amides is 1. The van der Waals surface area contributed by atoms with Crippen molar-refractivity contribution in [3.05, 3.63) is 78.1 Å². The highest BCUT2D eigenvalue weighted by Crippen LogP contribution is 2.33. The number of halogens is 1. The fourth-order valence-corrected chi connectivity index (χ4v) is 4.74. The van der Waals surface area contributed by atoms with Crippen molar-refractivity contribution in [2.45, 2.75) is 11.8 Å². The first-order valence-electron chi connectivity index (χ1n) is 10.8. The lowest BCUT2D eigenvalue weighted by molar-refractivity contribution is -0.114. The van der Waals surface area contributed by atoms with Gasteiger partial charge in [-0.25, -0.2) is 17.6 Å². The van der Waals surface area contributed by atoms with Crippen molar-refractivity contribution in [1.82, 2.24) is 0 Å². The number of hydrogen-bond acceptors (Lipinski definition) is 7. The highest BCUT2D eigenvalue weighted by Gasteiger charge is 2.30. The molecule has 3 aromatic carbocycles. The highest BCUT2D eigenvalue weighted by atomic mass is 32.2. The molecule has 190 valence electrons. The van der Waals surface area contributed by atoms with Crippen LogP contribution in [0, 0.1) is 5.82 Å². The molecule has 0 atom stereocenters. The molecule has 36 heavy (non-hydrogen) atoms. The molecule has 3 rings (SSSR count). The van der Waals surface area contributed by atoms with Crippen molar-refractivity contribution in [2.75, 3.05) is 37.0 Å². The van der Waals surface area contributed by atoms with Crippen molar-refractivity contribution >= 4 is 33.3 Å². The number of carbonyl (C=O) groups excluding carboxylic acids is 2. The van der Waals surface area contributed by atoms with Gasteiger partial charge in [0.2, 0.25) is 5.91 Å². The number of para-hydroxylation sites is 1. The Hall–Kier alpha value is -4.12. The molecule has 11 heteroatoms. The van der Waals surface area contributed by atoms with E-state index in [2.05, 4.69) is 5.32 Å². The van der Waals surface area contributed by atoms with Crippen LogP contribution < -0.4 is 19.1 Å². The molecule has 9 nitrogen and oxygen atoms in total. The Morgan fingerprint density at radius 2 is 1.61 bits per heavy atom. The lowest BCUT2D eigenvalue weighted by atomic mass is 10.2. The molecule has 0 aliphatic rings. The molecule has 3 aromatic rings. The van der Waals surface area contributed by atoms with E-state index >= 15 is 0 Å². The summed E-state index contributed by atoms with van der Waals surface area (Å²) in [5.41, 5.74) is 0.295. The first-order chi connectivity index (χ1) is 17.2. The van der Waals surface area contributed by atoms with E-state index in [0.29, 0.717) is 21.3 Å². The summed E-state index contributed by atoms with van der Waals surface area (Å²) in [7, 11) is -1.66. The fourth-order valence-electron chi connectivity index (χ4n) is 3.29. The number of esters is 1. The molecule has 0 aliphatic heterocycles. The van der Waals surface area contributed by atoms with Gasteiger partial charge in [-0.15, -0.1) is 0 Å². The van der Waals surface area contributed by atoms with Gasteiger partial charge < -0.3 is 19.5 Å². The van der Waals surface area contributed by atoms with Gasteiger partial charge in [-0.2, -0.15) is 0 Å². The predicted molar refractivity (Wildman–Crippen MR) is 132 cm³/mol. The van der Waals surface area contributed by atoms with Crippen molar-refractivity contribution < 1.29 is 36.6 Å². The number of hydrogen-bond donors (Lipinski definition) is 1. The number of benzene rings is 3. The second-order valence-corrected chi connectivity index (χ2v) is 9.19. The fraction of sp³-hybridized carbons (Fsp3) is 0.200. The third kappa shape index (κ3) is 5.92. The van der Waals surface area contributed by atoms with Crippen LogP contribution in [0.4, 0.5) is 15.8 Å². The van der Waals surface area contributed by atoms with Crippen LogP contribution in [0.5, 0.6) is 11.5 Å². The van der Waals surface area contributed by atoms with Crippen LogP contribution in [0.15, 0.2) is 71.6 Å². The van der Waals surface area contributed by atoms with Crippen molar-refractivity contribution in [3.63, 3.8) is 0 Å². The van der Waals surface area contributed by atoms with E-state index in [4.69, 9.17) is 14.2 Å². The third-order valence-corrected chi connectivity index (χ3v) is 6.79. The molecular formula is C25H25FN2O7S. The van der Waals surface area contributed by atoms with Gasteiger partial charge in [-0.3, -0.25) is 9.10 Å². The molecule has 0 fully saturated rings. The van der Waals surface area contributed by atoms with Gasteiger partial charge in [-0.1, -0.05) is 12.1 Å². The SMILES string of the molecule is CCOC(=O)c1ccc(NC(=O)CN(c2ccccc2F)S(=O)(=O)c2ccc(OC)c(OC)c2)cc1. The van der Waals surface area contributed by atoms with Gasteiger partial charge in [0, 0.05) is 11.8 Å². The minimum Gasteiger partial charge on any atom is -0.493 e. The maximum atomic E-state index is 14.7. The molecule has 1 amide bonds. The van der Waals surface area contributed by atoms with Gasteiger partial charge in [0.25, 0.3) is 10.0 Å². The Morgan fingerprint density at radius 3 is 2.22 bits per heavy atom. The second kappa shape index (κ2) is 11.5. The number of rotatable bonds is 10. The summed E-state index contributed by atoms with van der Waals surface area (Å²) >= 11 is 0. The number of nitrogens with one attached hydrogen (secondary N) is 1. The van der Waals surface area contributed by atoms with Gasteiger partial charge in [-0.05, 0) is 55.5 Å². The molecule has 0 aliphatic carbocycles. The number of methoxy groups -OCH3 is 2.